The summed E-state index contributed by atoms with van der Waals surface area (Å²) < 4.78 is 18.8. The van der Waals surface area contributed by atoms with Crippen LogP contribution < -0.4 is 14.2 Å². The minimum Gasteiger partial charge on any atom is -0.508 e. The van der Waals surface area contributed by atoms with Crippen molar-refractivity contribution in [3.63, 3.8) is 0 Å². The third kappa shape index (κ3) is 5.96. The van der Waals surface area contributed by atoms with Gasteiger partial charge in [0.1, 0.15) is 52.3 Å². The molecule has 0 saturated heterocycles. The molecule has 43 heavy (non-hydrogen) atoms. The van der Waals surface area contributed by atoms with Crippen LogP contribution in [-0.2, 0) is 6.42 Å². The molecule has 4 N–H and O–H groups in total. The topological polar surface area (TPSA) is 126 Å². The number of aryl methyl sites for hydroxylation is 1. The molecule has 0 fully saturated rings. The summed E-state index contributed by atoms with van der Waals surface area (Å²) in [6.07, 6.45) is 0.605. The molecular formula is C35H34O8. The molecule has 0 saturated carbocycles. The normalized spacial score (nSPS) is 19.9. The Morgan fingerprint density at radius 2 is 1.42 bits per heavy atom. The van der Waals surface area contributed by atoms with Gasteiger partial charge in [-0.05, 0) is 84.7 Å². The quantitative estimate of drug-likeness (QED) is 0.185. The molecule has 0 amide bonds. The van der Waals surface area contributed by atoms with Crippen LogP contribution in [0.2, 0.25) is 0 Å². The van der Waals surface area contributed by atoms with Crippen molar-refractivity contribution in [1.29, 1.82) is 0 Å². The molecule has 4 aromatic carbocycles. The lowest BCUT2D eigenvalue weighted by atomic mass is 9.80. The molecule has 8 heteroatoms. The van der Waals surface area contributed by atoms with Gasteiger partial charge in [-0.1, -0.05) is 36.4 Å². The molecule has 8 nitrogen and oxygen atoms in total. The summed E-state index contributed by atoms with van der Waals surface area (Å²) in [4.78, 5) is 13.6. The summed E-state index contributed by atoms with van der Waals surface area (Å²) in [6, 6.07) is 22.2. The van der Waals surface area contributed by atoms with Gasteiger partial charge in [0.2, 0.25) is 0 Å². The number of aliphatic hydroxyl groups excluding tert-OH is 1. The average Bonchev–Trinajstić information content (AvgIpc) is 3.00. The van der Waals surface area contributed by atoms with E-state index in [1.807, 2.05) is 24.3 Å². The van der Waals surface area contributed by atoms with E-state index in [0.717, 1.165) is 22.3 Å². The number of carbonyl (C=O) groups is 1. The SMILES string of the molecule is COc1cc2c(c3c1C(=O)C[C@@H](c1ccc(O)cc1)O3)[C@@H](C[C@@H](O)CCc1ccc(O)cc1)C[C@H](c1ccc(O)cc1)O2. The Bertz CT molecular complexity index is 1600. The van der Waals surface area contributed by atoms with E-state index >= 15 is 0 Å². The summed E-state index contributed by atoms with van der Waals surface area (Å²) in [5, 5.41) is 40.5. The molecule has 0 radical (unpaired) electrons. The van der Waals surface area contributed by atoms with Crippen LogP contribution in [-0.4, -0.2) is 39.4 Å². The Balaban J connectivity index is 1.37. The van der Waals surface area contributed by atoms with Gasteiger partial charge in [0.25, 0.3) is 0 Å². The van der Waals surface area contributed by atoms with Crippen molar-refractivity contribution in [3.8, 4) is 34.5 Å². The third-order valence-corrected chi connectivity index (χ3v) is 8.34. The fourth-order valence-corrected chi connectivity index (χ4v) is 6.12. The average molecular weight is 583 g/mol. The van der Waals surface area contributed by atoms with Gasteiger partial charge in [0.05, 0.1) is 19.6 Å². The number of phenolic OH excluding ortho intramolecular Hbond substituents is 3. The molecular weight excluding hydrogens is 548 g/mol. The van der Waals surface area contributed by atoms with Gasteiger partial charge in [-0.3, -0.25) is 4.79 Å². The van der Waals surface area contributed by atoms with Crippen LogP contribution in [0.4, 0.5) is 0 Å². The van der Waals surface area contributed by atoms with Crippen molar-refractivity contribution < 1.29 is 39.4 Å². The Kier molecular flexibility index (Phi) is 7.86. The van der Waals surface area contributed by atoms with E-state index in [4.69, 9.17) is 14.2 Å². The van der Waals surface area contributed by atoms with Gasteiger partial charge in [-0.15, -0.1) is 0 Å². The van der Waals surface area contributed by atoms with E-state index in [1.165, 1.54) is 7.11 Å². The van der Waals surface area contributed by atoms with Crippen LogP contribution >= 0.6 is 0 Å². The molecule has 2 aliphatic heterocycles. The highest BCUT2D eigenvalue weighted by Crippen LogP contribution is 2.54. The number of fused-ring (bicyclic) bond motifs is 3. The summed E-state index contributed by atoms with van der Waals surface area (Å²) in [5.74, 6) is 1.43. The number of Topliss-reactive ketones (excluding diaryl/α,β-unsaturated/α-hetero) is 1. The van der Waals surface area contributed by atoms with Crippen LogP contribution in [0.25, 0.3) is 0 Å². The van der Waals surface area contributed by atoms with Gasteiger partial charge in [0, 0.05) is 11.6 Å². The van der Waals surface area contributed by atoms with Gasteiger partial charge in [-0.2, -0.15) is 0 Å². The number of ketones is 1. The summed E-state index contributed by atoms with van der Waals surface area (Å²) in [6.45, 7) is 0. The second-order valence-electron chi connectivity index (χ2n) is 11.2. The van der Waals surface area contributed by atoms with E-state index < -0.39 is 12.2 Å². The number of phenols is 3. The number of ether oxygens (including phenoxy) is 3. The second-order valence-corrected chi connectivity index (χ2v) is 11.2. The monoisotopic (exact) mass is 582 g/mol. The zero-order chi connectivity index (χ0) is 30.1. The summed E-state index contributed by atoms with van der Waals surface area (Å²) in [7, 11) is 1.51. The Labute approximate surface area is 249 Å². The molecule has 6 rings (SSSR count). The van der Waals surface area contributed by atoms with Crippen molar-refractivity contribution in [1.82, 2.24) is 0 Å². The number of hydrogen-bond donors (Lipinski definition) is 4. The number of methoxy groups -OCH3 is 1. The lowest BCUT2D eigenvalue weighted by Crippen LogP contribution is -2.27. The highest BCUT2D eigenvalue weighted by atomic mass is 16.5. The van der Waals surface area contributed by atoms with Crippen LogP contribution in [0.5, 0.6) is 34.5 Å². The smallest absolute Gasteiger partial charge is 0.174 e. The van der Waals surface area contributed by atoms with Crippen molar-refractivity contribution in [2.45, 2.75) is 56.3 Å². The fraction of sp³-hybridized carbons (Fsp3) is 0.286. The van der Waals surface area contributed by atoms with Gasteiger partial charge in [0.15, 0.2) is 5.78 Å². The van der Waals surface area contributed by atoms with E-state index in [1.54, 1.807) is 54.6 Å². The van der Waals surface area contributed by atoms with Crippen molar-refractivity contribution >= 4 is 5.78 Å². The molecule has 0 aromatic heterocycles. The molecule has 2 heterocycles. The first-order chi connectivity index (χ1) is 20.8. The van der Waals surface area contributed by atoms with E-state index in [2.05, 4.69) is 0 Å². The maximum atomic E-state index is 13.6. The molecule has 222 valence electrons. The second kappa shape index (κ2) is 11.9. The zero-order valence-corrected chi connectivity index (χ0v) is 23.8. The highest BCUT2D eigenvalue weighted by Gasteiger charge is 2.40. The largest absolute Gasteiger partial charge is 0.508 e. The van der Waals surface area contributed by atoms with Crippen LogP contribution in [0, 0.1) is 0 Å². The van der Waals surface area contributed by atoms with Crippen molar-refractivity contribution in [2.75, 3.05) is 7.11 Å². The van der Waals surface area contributed by atoms with Gasteiger partial charge < -0.3 is 34.6 Å². The number of rotatable bonds is 8. The first kappa shape index (κ1) is 28.4. The molecule has 2 aliphatic rings. The highest BCUT2D eigenvalue weighted by molar-refractivity contribution is 6.03. The lowest BCUT2D eigenvalue weighted by molar-refractivity contribution is 0.0819. The first-order valence-corrected chi connectivity index (χ1v) is 14.4. The van der Waals surface area contributed by atoms with E-state index in [0.29, 0.717) is 48.5 Å². The zero-order valence-electron chi connectivity index (χ0n) is 23.8. The molecule has 0 unspecified atom stereocenters. The third-order valence-electron chi connectivity index (χ3n) is 8.34. The standard InChI is InChI=1S/C35H34O8/c1-41-31-19-32-33(35-34(31)28(40)18-30(43-35)22-7-14-26(38)15-8-22)23(17-29(42-32)21-5-12-25(37)13-6-21)16-27(39)11-4-20-2-9-24(36)10-3-20/h2-3,5-10,12-15,19,23,27,29-30,36-39H,4,11,16-18H2,1H3/t23-,27-,29+,30-/m0/s1. The number of benzene rings is 4. The molecule has 0 spiro atoms. The van der Waals surface area contributed by atoms with E-state index in [-0.39, 0.29) is 41.5 Å². The number of carbonyl (C=O) groups excluding carboxylic acids is 1. The Morgan fingerprint density at radius 3 is 2.02 bits per heavy atom. The Morgan fingerprint density at radius 1 is 0.837 bits per heavy atom. The maximum absolute atomic E-state index is 13.6. The fourth-order valence-electron chi connectivity index (χ4n) is 6.12. The maximum Gasteiger partial charge on any atom is 0.174 e. The Hall–Kier alpha value is -4.69. The number of hydrogen-bond acceptors (Lipinski definition) is 8. The van der Waals surface area contributed by atoms with Crippen LogP contribution in [0.1, 0.15) is 76.4 Å². The van der Waals surface area contributed by atoms with Crippen LogP contribution in [0.3, 0.4) is 0 Å². The molecule has 0 bridgehead atoms. The predicted octanol–water partition coefficient (Wildman–Crippen LogP) is 6.51. The van der Waals surface area contributed by atoms with Crippen LogP contribution in [0.15, 0.2) is 78.9 Å². The van der Waals surface area contributed by atoms with Gasteiger partial charge >= 0.3 is 0 Å². The molecule has 0 aliphatic carbocycles. The predicted molar refractivity (Wildman–Crippen MR) is 159 cm³/mol. The molecule has 4 aromatic rings. The van der Waals surface area contributed by atoms with E-state index in [9.17, 15) is 25.2 Å². The minimum atomic E-state index is -0.657. The van der Waals surface area contributed by atoms with Crippen molar-refractivity contribution in [3.05, 3.63) is 107 Å². The lowest BCUT2D eigenvalue weighted by Gasteiger charge is -2.38. The minimum absolute atomic E-state index is 0.115. The van der Waals surface area contributed by atoms with Crippen molar-refractivity contribution in [2.24, 2.45) is 0 Å². The first-order valence-electron chi connectivity index (χ1n) is 14.4. The van der Waals surface area contributed by atoms with Gasteiger partial charge in [-0.25, -0.2) is 0 Å². The summed E-state index contributed by atoms with van der Waals surface area (Å²) >= 11 is 0. The summed E-state index contributed by atoms with van der Waals surface area (Å²) in [5.41, 5.74) is 3.75. The number of aliphatic hydroxyl groups is 1. The number of aromatic hydroxyl groups is 3. The molecule has 4 atom stereocenters.